The van der Waals surface area contributed by atoms with E-state index < -0.39 is 12.0 Å². The molecule has 1 amide bonds. The smallest absolute Gasteiger partial charge is 0.298 e. The van der Waals surface area contributed by atoms with E-state index in [1.54, 1.807) is 0 Å². The SMILES string of the molecule is C#CC(=O)N1CCC(CO)C(O)C1. The highest BCUT2D eigenvalue weighted by Gasteiger charge is 2.28. The predicted molar refractivity (Wildman–Crippen MR) is 46.6 cm³/mol. The van der Waals surface area contributed by atoms with Crippen molar-refractivity contribution in [1.29, 1.82) is 0 Å². The molecule has 1 aliphatic rings. The van der Waals surface area contributed by atoms with Crippen molar-refractivity contribution in [3.8, 4) is 12.3 Å². The molecule has 4 heteroatoms. The zero-order valence-corrected chi connectivity index (χ0v) is 7.31. The van der Waals surface area contributed by atoms with Gasteiger partial charge in [-0.15, -0.1) is 6.42 Å². The van der Waals surface area contributed by atoms with Gasteiger partial charge < -0.3 is 15.1 Å². The van der Waals surface area contributed by atoms with Crippen LogP contribution in [-0.4, -0.2) is 46.8 Å². The first-order chi connectivity index (χ1) is 6.19. The van der Waals surface area contributed by atoms with Crippen LogP contribution in [0.5, 0.6) is 0 Å². The molecule has 0 bridgehead atoms. The Bertz CT molecular complexity index is 234. The number of hydrogen-bond acceptors (Lipinski definition) is 3. The Labute approximate surface area is 77.2 Å². The summed E-state index contributed by atoms with van der Waals surface area (Å²) in [6.07, 6.45) is 4.89. The lowest BCUT2D eigenvalue weighted by molar-refractivity contribution is -0.130. The zero-order chi connectivity index (χ0) is 9.84. The number of likely N-dealkylation sites (tertiary alicyclic amines) is 1. The standard InChI is InChI=1S/C9H13NO3/c1-2-9(13)10-4-3-7(6-11)8(12)5-10/h1,7-8,11-12H,3-6H2. The van der Waals surface area contributed by atoms with Crippen LogP contribution in [-0.2, 0) is 4.79 Å². The van der Waals surface area contributed by atoms with Gasteiger partial charge in [0, 0.05) is 25.6 Å². The van der Waals surface area contributed by atoms with E-state index in [-0.39, 0.29) is 19.1 Å². The number of carbonyl (C=O) groups is 1. The van der Waals surface area contributed by atoms with Crippen LogP contribution in [0.1, 0.15) is 6.42 Å². The summed E-state index contributed by atoms with van der Waals surface area (Å²) in [6, 6.07) is 0. The highest BCUT2D eigenvalue weighted by atomic mass is 16.3. The fraction of sp³-hybridized carbons (Fsp3) is 0.667. The molecule has 1 saturated heterocycles. The van der Waals surface area contributed by atoms with E-state index in [2.05, 4.69) is 0 Å². The van der Waals surface area contributed by atoms with Crippen LogP contribution in [0.2, 0.25) is 0 Å². The molecular weight excluding hydrogens is 170 g/mol. The maximum atomic E-state index is 11.0. The summed E-state index contributed by atoms with van der Waals surface area (Å²) in [5, 5.41) is 18.3. The van der Waals surface area contributed by atoms with Crippen molar-refractivity contribution in [3.63, 3.8) is 0 Å². The van der Waals surface area contributed by atoms with Gasteiger partial charge >= 0.3 is 0 Å². The molecular formula is C9H13NO3. The number of aliphatic hydroxyl groups is 2. The third-order valence-corrected chi connectivity index (χ3v) is 2.37. The predicted octanol–water partition coefficient (Wildman–Crippen LogP) is -1.18. The van der Waals surface area contributed by atoms with Gasteiger partial charge in [-0.05, 0) is 12.3 Å². The minimum atomic E-state index is -0.656. The second kappa shape index (κ2) is 4.26. The lowest BCUT2D eigenvalue weighted by Gasteiger charge is -2.33. The molecule has 1 aliphatic heterocycles. The highest BCUT2D eigenvalue weighted by molar-refractivity contribution is 5.92. The number of hydrogen-bond donors (Lipinski definition) is 2. The molecule has 4 nitrogen and oxygen atoms in total. The monoisotopic (exact) mass is 183 g/mol. The second-order valence-electron chi connectivity index (χ2n) is 3.19. The first-order valence-electron chi connectivity index (χ1n) is 4.23. The molecule has 2 N–H and O–H groups in total. The molecule has 0 saturated carbocycles. The highest BCUT2D eigenvalue weighted by Crippen LogP contribution is 2.16. The number of piperidine rings is 1. The van der Waals surface area contributed by atoms with Gasteiger partial charge in [0.05, 0.1) is 6.10 Å². The van der Waals surface area contributed by atoms with Gasteiger partial charge in [0.2, 0.25) is 0 Å². The number of amides is 1. The number of carbonyl (C=O) groups excluding carboxylic acids is 1. The van der Waals surface area contributed by atoms with Crippen molar-refractivity contribution >= 4 is 5.91 Å². The molecule has 1 heterocycles. The molecule has 0 aliphatic carbocycles. The van der Waals surface area contributed by atoms with Crippen molar-refractivity contribution in [2.75, 3.05) is 19.7 Å². The maximum Gasteiger partial charge on any atom is 0.298 e. The molecule has 2 unspecified atom stereocenters. The quantitative estimate of drug-likeness (QED) is 0.503. The Morgan fingerprint density at radius 3 is 2.85 bits per heavy atom. The van der Waals surface area contributed by atoms with E-state index in [9.17, 15) is 9.90 Å². The van der Waals surface area contributed by atoms with Crippen molar-refractivity contribution in [2.45, 2.75) is 12.5 Å². The summed E-state index contributed by atoms with van der Waals surface area (Å²) in [5.41, 5.74) is 0. The topological polar surface area (TPSA) is 60.8 Å². The molecule has 2 atom stereocenters. The van der Waals surface area contributed by atoms with E-state index in [4.69, 9.17) is 11.5 Å². The van der Waals surface area contributed by atoms with Crippen molar-refractivity contribution in [1.82, 2.24) is 4.90 Å². The van der Waals surface area contributed by atoms with Crippen molar-refractivity contribution in [3.05, 3.63) is 0 Å². The molecule has 72 valence electrons. The van der Waals surface area contributed by atoms with Crippen LogP contribution in [0.3, 0.4) is 0 Å². The third kappa shape index (κ3) is 2.20. The van der Waals surface area contributed by atoms with Gasteiger partial charge in [0.1, 0.15) is 0 Å². The molecule has 0 spiro atoms. The molecule has 1 fully saturated rings. The van der Waals surface area contributed by atoms with Crippen LogP contribution in [0.15, 0.2) is 0 Å². The summed E-state index contributed by atoms with van der Waals surface area (Å²) >= 11 is 0. The molecule has 0 radical (unpaired) electrons. The molecule has 0 aromatic heterocycles. The lowest BCUT2D eigenvalue weighted by atomic mass is 9.95. The first-order valence-corrected chi connectivity index (χ1v) is 4.23. The average molecular weight is 183 g/mol. The summed E-state index contributed by atoms with van der Waals surface area (Å²) in [5.74, 6) is 1.49. The van der Waals surface area contributed by atoms with Crippen LogP contribution in [0.25, 0.3) is 0 Å². The van der Waals surface area contributed by atoms with Gasteiger partial charge in [0.25, 0.3) is 5.91 Å². The molecule has 0 aromatic carbocycles. The average Bonchev–Trinajstić information content (AvgIpc) is 2.16. The normalized spacial score (nSPS) is 28.2. The Morgan fingerprint density at radius 1 is 1.69 bits per heavy atom. The van der Waals surface area contributed by atoms with Crippen LogP contribution < -0.4 is 0 Å². The summed E-state index contributed by atoms with van der Waals surface area (Å²) < 4.78 is 0. The maximum absolute atomic E-state index is 11.0. The van der Waals surface area contributed by atoms with Crippen molar-refractivity contribution < 1.29 is 15.0 Å². The number of nitrogens with zero attached hydrogens (tertiary/aromatic N) is 1. The summed E-state index contributed by atoms with van der Waals surface area (Å²) in [7, 11) is 0. The van der Waals surface area contributed by atoms with E-state index in [0.717, 1.165) is 0 Å². The van der Waals surface area contributed by atoms with Gasteiger partial charge in [-0.1, -0.05) is 0 Å². The zero-order valence-electron chi connectivity index (χ0n) is 7.31. The molecule has 0 aromatic rings. The van der Waals surface area contributed by atoms with Crippen molar-refractivity contribution in [2.24, 2.45) is 5.92 Å². The largest absolute Gasteiger partial charge is 0.396 e. The summed E-state index contributed by atoms with van der Waals surface area (Å²) in [6.45, 7) is 0.707. The van der Waals surface area contributed by atoms with E-state index >= 15 is 0 Å². The minimum absolute atomic E-state index is 0.0424. The Morgan fingerprint density at radius 2 is 2.38 bits per heavy atom. The van der Waals surface area contributed by atoms with E-state index in [1.807, 2.05) is 5.92 Å². The minimum Gasteiger partial charge on any atom is -0.396 e. The Hall–Kier alpha value is -1.05. The molecule has 13 heavy (non-hydrogen) atoms. The number of aliphatic hydroxyl groups excluding tert-OH is 2. The Balaban J connectivity index is 2.51. The van der Waals surface area contributed by atoms with Gasteiger partial charge in [0.15, 0.2) is 0 Å². The van der Waals surface area contributed by atoms with Crippen LogP contribution in [0.4, 0.5) is 0 Å². The second-order valence-corrected chi connectivity index (χ2v) is 3.19. The Kier molecular flexibility index (Phi) is 3.29. The van der Waals surface area contributed by atoms with E-state index in [1.165, 1.54) is 4.90 Å². The first kappa shape index (κ1) is 10.0. The third-order valence-electron chi connectivity index (χ3n) is 2.37. The number of β-amino-alcohol motifs (C(OH)–C–C–N with tert-alkyl or cyclic N) is 1. The lowest BCUT2D eigenvalue weighted by Crippen LogP contribution is -2.47. The van der Waals surface area contributed by atoms with Gasteiger partial charge in [-0.3, -0.25) is 4.79 Å². The van der Waals surface area contributed by atoms with E-state index in [0.29, 0.717) is 13.0 Å². The van der Waals surface area contributed by atoms with Crippen LogP contribution in [0, 0.1) is 18.3 Å². The summed E-state index contributed by atoms with van der Waals surface area (Å²) in [4.78, 5) is 12.5. The fourth-order valence-corrected chi connectivity index (χ4v) is 1.47. The van der Waals surface area contributed by atoms with Gasteiger partial charge in [-0.2, -0.15) is 0 Å². The fourth-order valence-electron chi connectivity index (χ4n) is 1.47. The number of terminal acetylenes is 1. The number of rotatable bonds is 1. The van der Waals surface area contributed by atoms with Crippen LogP contribution >= 0.6 is 0 Å². The van der Waals surface area contributed by atoms with Gasteiger partial charge in [-0.25, -0.2) is 0 Å². The molecule has 1 rings (SSSR count).